The summed E-state index contributed by atoms with van der Waals surface area (Å²) in [5.41, 5.74) is 2.45. The number of hydrogen-bond acceptors (Lipinski definition) is 3. The molecule has 3 aromatic carbocycles. The van der Waals surface area contributed by atoms with Gasteiger partial charge < -0.3 is 0 Å². The Hall–Kier alpha value is -2.20. The van der Waals surface area contributed by atoms with Gasteiger partial charge >= 0.3 is 207 Å². The molecule has 0 unspecified atom stereocenters. The van der Waals surface area contributed by atoms with Gasteiger partial charge in [-0.3, -0.25) is 0 Å². The SMILES string of the molecule is COc1cc([C@H](CC[Se]c2ccccc2)c2ccccc2)c(OC)cc1OCC[Si](C)(C)C. The van der Waals surface area contributed by atoms with Crippen molar-refractivity contribution < 1.29 is 14.2 Å². The van der Waals surface area contributed by atoms with Crippen LogP contribution in [0.25, 0.3) is 0 Å². The molecular weight excluding hydrogens is 491 g/mol. The van der Waals surface area contributed by atoms with Gasteiger partial charge in [-0.15, -0.1) is 0 Å². The van der Waals surface area contributed by atoms with Gasteiger partial charge in [0, 0.05) is 0 Å². The third-order valence-electron chi connectivity index (χ3n) is 5.62. The fourth-order valence-corrected chi connectivity index (χ4v) is 6.43. The van der Waals surface area contributed by atoms with Crippen molar-refractivity contribution in [3.63, 3.8) is 0 Å². The number of methoxy groups -OCH3 is 2. The van der Waals surface area contributed by atoms with Crippen LogP contribution in [-0.2, 0) is 0 Å². The Morgan fingerprint density at radius 3 is 2.03 bits per heavy atom. The first-order chi connectivity index (χ1) is 15.9. The van der Waals surface area contributed by atoms with Crippen LogP contribution in [0, 0.1) is 0 Å². The molecule has 1 atom stereocenters. The van der Waals surface area contributed by atoms with Crippen LogP contribution < -0.4 is 18.7 Å². The molecule has 0 radical (unpaired) electrons. The molecule has 3 aromatic rings. The first-order valence-electron chi connectivity index (χ1n) is 11.5. The van der Waals surface area contributed by atoms with Crippen molar-refractivity contribution >= 4 is 27.5 Å². The summed E-state index contributed by atoms with van der Waals surface area (Å²) in [6.07, 6.45) is 1.05. The molecule has 0 heterocycles. The second-order valence-corrected chi connectivity index (χ2v) is 17.4. The zero-order chi connectivity index (χ0) is 23.7. The van der Waals surface area contributed by atoms with Crippen LogP contribution in [0.3, 0.4) is 0 Å². The zero-order valence-corrected chi connectivity index (χ0v) is 23.2. The summed E-state index contributed by atoms with van der Waals surface area (Å²) >= 11 is 0.436. The Labute approximate surface area is 206 Å². The van der Waals surface area contributed by atoms with E-state index in [4.69, 9.17) is 14.2 Å². The van der Waals surface area contributed by atoms with Crippen LogP contribution in [0.2, 0.25) is 31.0 Å². The number of ether oxygens (including phenoxy) is 3. The van der Waals surface area contributed by atoms with Gasteiger partial charge in [-0.05, 0) is 0 Å². The second kappa shape index (κ2) is 12.3. The Balaban J connectivity index is 1.88. The van der Waals surface area contributed by atoms with E-state index in [0.717, 1.165) is 40.6 Å². The average Bonchev–Trinajstić information content (AvgIpc) is 2.82. The van der Waals surface area contributed by atoms with E-state index >= 15 is 0 Å². The van der Waals surface area contributed by atoms with Gasteiger partial charge in [0.1, 0.15) is 0 Å². The molecule has 176 valence electrons. The van der Waals surface area contributed by atoms with Crippen molar-refractivity contribution in [1.82, 2.24) is 0 Å². The molecule has 3 rings (SSSR count). The minimum atomic E-state index is -1.17. The third kappa shape index (κ3) is 7.67. The second-order valence-electron chi connectivity index (χ2n) is 9.32. The maximum atomic E-state index is 6.16. The van der Waals surface area contributed by atoms with Gasteiger partial charge in [-0.1, -0.05) is 0 Å². The van der Waals surface area contributed by atoms with Crippen LogP contribution in [-0.4, -0.2) is 43.9 Å². The average molecular weight is 528 g/mol. The summed E-state index contributed by atoms with van der Waals surface area (Å²) in [6, 6.07) is 26.8. The van der Waals surface area contributed by atoms with Gasteiger partial charge in [0.2, 0.25) is 0 Å². The van der Waals surface area contributed by atoms with E-state index in [0.29, 0.717) is 21.6 Å². The van der Waals surface area contributed by atoms with Gasteiger partial charge in [-0.2, -0.15) is 0 Å². The maximum absolute atomic E-state index is 6.16. The van der Waals surface area contributed by atoms with E-state index in [2.05, 4.69) is 86.4 Å². The summed E-state index contributed by atoms with van der Waals surface area (Å²) in [5.74, 6) is 2.63. The van der Waals surface area contributed by atoms with E-state index in [1.807, 2.05) is 6.07 Å². The monoisotopic (exact) mass is 528 g/mol. The quantitative estimate of drug-likeness (QED) is 0.256. The topological polar surface area (TPSA) is 27.7 Å². The summed E-state index contributed by atoms with van der Waals surface area (Å²) in [5, 5.41) is 1.15. The van der Waals surface area contributed by atoms with Crippen molar-refractivity contribution in [2.24, 2.45) is 0 Å². The Bertz CT molecular complexity index is 987. The van der Waals surface area contributed by atoms with Crippen molar-refractivity contribution in [3.05, 3.63) is 83.9 Å². The molecule has 0 spiro atoms. The molecule has 0 bridgehead atoms. The molecule has 0 aliphatic carbocycles. The molecular formula is C28H36O3SeSi. The van der Waals surface area contributed by atoms with Gasteiger partial charge in [0.15, 0.2) is 0 Å². The zero-order valence-electron chi connectivity index (χ0n) is 20.5. The van der Waals surface area contributed by atoms with E-state index in [9.17, 15) is 0 Å². The summed E-state index contributed by atoms with van der Waals surface area (Å²) in [6.45, 7) is 7.78. The van der Waals surface area contributed by atoms with Crippen LogP contribution in [0.1, 0.15) is 23.5 Å². The molecule has 33 heavy (non-hydrogen) atoms. The van der Waals surface area contributed by atoms with Gasteiger partial charge in [0.05, 0.1) is 0 Å². The van der Waals surface area contributed by atoms with E-state index in [-0.39, 0.29) is 5.92 Å². The standard InChI is InChI=1S/C28H36O3SeSi/c1-29-26-21-28(31-17-19-33(3,4)5)27(30-2)20-25(26)24(22-12-8-6-9-13-22)16-18-32-23-14-10-7-11-15-23/h6-15,20-21,24H,16-19H2,1-5H3/t24-/m1/s1. The van der Waals surface area contributed by atoms with Crippen LogP contribution in [0.4, 0.5) is 0 Å². The molecule has 0 fully saturated rings. The van der Waals surface area contributed by atoms with Crippen LogP contribution in [0.5, 0.6) is 17.2 Å². The molecule has 0 aliphatic rings. The normalized spacial score (nSPS) is 12.3. The van der Waals surface area contributed by atoms with E-state index in [1.165, 1.54) is 10.0 Å². The summed E-state index contributed by atoms with van der Waals surface area (Å²) in [7, 11) is 2.29. The molecule has 0 aromatic heterocycles. The van der Waals surface area contributed by atoms with Crippen LogP contribution in [0.15, 0.2) is 72.8 Å². The Morgan fingerprint density at radius 2 is 1.42 bits per heavy atom. The summed E-state index contributed by atoms with van der Waals surface area (Å²) in [4.78, 5) is 0. The van der Waals surface area contributed by atoms with Crippen LogP contribution >= 0.6 is 0 Å². The van der Waals surface area contributed by atoms with Crippen molar-refractivity contribution in [1.29, 1.82) is 0 Å². The minimum absolute atomic E-state index is 0.233. The number of benzene rings is 3. The Kier molecular flexibility index (Phi) is 9.48. The molecule has 0 saturated carbocycles. The molecule has 0 amide bonds. The van der Waals surface area contributed by atoms with E-state index in [1.54, 1.807) is 14.2 Å². The Morgan fingerprint density at radius 1 is 0.788 bits per heavy atom. The number of hydrogen-bond donors (Lipinski definition) is 0. The fourth-order valence-electron chi connectivity index (χ4n) is 3.74. The molecule has 0 aliphatic heterocycles. The fraction of sp³-hybridized carbons (Fsp3) is 0.357. The molecule has 0 N–H and O–H groups in total. The predicted molar refractivity (Wildman–Crippen MR) is 143 cm³/mol. The number of rotatable bonds is 12. The predicted octanol–water partition coefficient (Wildman–Crippen LogP) is 6.39. The third-order valence-corrected chi connectivity index (χ3v) is 9.52. The van der Waals surface area contributed by atoms with Crippen molar-refractivity contribution in [2.45, 2.75) is 43.3 Å². The molecule has 3 nitrogen and oxygen atoms in total. The first kappa shape index (κ1) is 25.4. The van der Waals surface area contributed by atoms with Gasteiger partial charge in [0.25, 0.3) is 0 Å². The molecule has 0 saturated heterocycles. The first-order valence-corrected chi connectivity index (χ1v) is 17.3. The molecule has 5 heteroatoms. The van der Waals surface area contributed by atoms with Gasteiger partial charge in [-0.25, -0.2) is 0 Å². The van der Waals surface area contributed by atoms with E-state index < -0.39 is 8.07 Å². The van der Waals surface area contributed by atoms with Crippen molar-refractivity contribution in [3.8, 4) is 17.2 Å². The summed E-state index contributed by atoms with van der Waals surface area (Å²) < 4.78 is 19.2. The van der Waals surface area contributed by atoms with Crippen molar-refractivity contribution in [2.75, 3.05) is 20.8 Å².